The van der Waals surface area contributed by atoms with Gasteiger partial charge in [0.2, 0.25) is 0 Å². The Hall–Kier alpha value is -5.41. The maximum atomic E-state index is 12.7. The van der Waals surface area contributed by atoms with Crippen LogP contribution in [0.1, 0.15) is 36.0 Å². The Morgan fingerprint density at radius 2 is 1.84 bits per heavy atom. The van der Waals surface area contributed by atoms with Crippen LogP contribution >= 0.6 is 0 Å². The number of nitrogens with zero attached hydrogens (tertiary/aromatic N) is 8. The maximum absolute atomic E-state index is 12.7. The van der Waals surface area contributed by atoms with E-state index in [0.29, 0.717) is 5.56 Å². The van der Waals surface area contributed by atoms with Crippen LogP contribution in [0.3, 0.4) is 0 Å². The number of piperidine rings is 1. The second-order valence-electron chi connectivity index (χ2n) is 11.5. The molecule has 2 saturated heterocycles. The third-order valence-electron chi connectivity index (χ3n) is 8.65. The Bertz CT molecular complexity index is 1910. The van der Waals surface area contributed by atoms with Gasteiger partial charge in [-0.1, -0.05) is 36.3 Å². The standard InChI is InChI=1S/C34H30N8O/c1-39-21-29(20-37-39)27-16-30(33-28(17-35)19-38-42(33)22-27)26-8-5-9-31(36-18-26)41-23-34(24-41)12-14-40(15-13-34)32(43)11-10-25-6-3-2-4-7-25/h2-8,16,18-22H,9,12-15,23-24H2,1H3. The van der Waals surface area contributed by atoms with Gasteiger partial charge in [-0.2, -0.15) is 15.5 Å². The number of aromatic nitrogens is 4. The van der Waals surface area contributed by atoms with Crippen LogP contribution in [-0.2, 0) is 11.8 Å². The summed E-state index contributed by atoms with van der Waals surface area (Å²) in [7, 11) is 1.89. The van der Waals surface area contributed by atoms with Crippen LogP contribution in [0, 0.1) is 28.6 Å². The fraction of sp³-hybridized carbons (Fsp3) is 0.265. The van der Waals surface area contributed by atoms with Crippen LogP contribution in [-0.4, -0.2) is 67.1 Å². The van der Waals surface area contributed by atoms with E-state index in [1.807, 2.05) is 67.1 Å². The smallest absolute Gasteiger partial charge is 0.298 e. The number of nitriles is 1. The van der Waals surface area contributed by atoms with Gasteiger partial charge >= 0.3 is 0 Å². The molecule has 0 bridgehead atoms. The Balaban J connectivity index is 1.06. The summed E-state index contributed by atoms with van der Waals surface area (Å²) in [6.45, 7) is 3.37. The summed E-state index contributed by atoms with van der Waals surface area (Å²) in [6, 6.07) is 14.0. The van der Waals surface area contributed by atoms with Gasteiger partial charge in [-0.05, 0) is 31.0 Å². The molecule has 6 heterocycles. The van der Waals surface area contributed by atoms with Crippen molar-refractivity contribution in [2.45, 2.75) is 19.3 Å². The molecule has 0 atom stereocenters. The highest BCUT2D eigenvalue weighted by Crippen LogP contribution is 2.41. The summed E-state index contributed by atoms with van der Waals surface area (Å²) in [6.07, 6.45) is 16.2. The van der Waals surface area contributed by atoms with Crippen molar-refractivity contribution in [2.24, 2.45) is 17.5 Å². The predicted octanol–water partition coefficient (Wildman–Crippen LogP) is 4.28. The molecule has 7 rings (SSSR count). The largest absolute Gasteiger partial charge is 0.359 e. The number of carbonyl (C=O) groups excluding carboxylic acids is 1. The molecule has 1 spiro atoms. The van der Waals surface area contributed by atoms with Crippen LogP contribution in [0.5, 0.6) is 0 Å². The third-order valence-corrected chi connectivity index (χ3v) is 8.65. The molecule has 3 aromatic heterocycles. The number of aryl methyl sites for hydroxylation is 1. The summed E-state index contributed by atoms with van der Waals surface area (Å²) >= 11 is 0. The van der Waals surface area contributed by atoms with E-state index in [-0.39, 0.29) is 11.3 Å². The molecule has 1 amide bonds. The summed E-state index contributed by atoms with van der Waals surface area (Å²) in [5, 5.41) is 18.5. The van der Waals surface area contributed by atoms with Crippen molar-refractivity contribution in [1.29, 1.82) is 5.26 Å². The molecular formula is C34H30N8O. The average Bonchev–Trinajstić information content (AvgIpc) is 3.57. The first-order valence-corrected chi connectivity index (χ1v) is 14.5. The zero-order valence-corrected chi connectivity index (χ0v) is 23.9. The van der Waals surface area contributed by atoms with Gasteiger partial charge in [-0.3, -0.25) is 9.48 Å². The van der Waals surface area contributed by atoms with E-state index < -0.39 is 0 Å². The number of rotatable bonds is 2. The zero-order valence-electron chi connectivity index (χ0n) is 23.9. The summed E-state index contributed by atoms with van der Waals surface area (Å²) in [4.78, 5) is 21.9. The van der Waals surface area contributed by atoms with Gasteiger partial charge in [0.1, 0.15) is 11.9 Å². The molecule has 1 aromatic carbocycles. The molecule has 4 aromatic rings. The lowest BCUT2D eigenvalue weighted by molar-refractivity contribution is -0.129. The minimum atomic E-state index is -0.0923. The van der Waals surface area contributed by atoms with Gasteiger partial charge in [0.15, 0.2) is 0 Å². The van der Waals surface area contributed by atoms with E-state index >= 15 is 0 Å². The van der Waals surface area contributed by atoms with Crippen LogP contribution in [0.15, 0.2) is 84.5 Å². The van der Waals surface area contributed by atoms with Crippen LogP contribution in [0.25, 0.3) is 22.2 Å². The van der Waals surface area contributed by atoms with E-state index in [1.54, 1.807) is 15.4 Å². The molecule has 3 aliphatic heterocycles. The van der Waals surface area contributed by atoms with E-state index in [9.17, 15) is 10.1 Å². The van der Waals surface area contributed by atoms with Gasteiger partial charge in [0, 0.05) is 97.4 Å². The lowest BCUT2D eigenvalue weighted by Crippen LogP contribution is -2.62. The zero-order chi connectivity index (χ0) is 29.4. The Labute approximate surface area is 250 Å². The first-order valence-electron chi connectivity index (χ1n) is 14.5. The van der Waals surface area contributed by atoms with Crippen molar-refractivity contribution in [2.75, 3.05) is 26.2 Å². The Kier molecular flexibility index (Phi) is 6.64. The highest BCUT2D eigenvalue weighted by molar-refractivity contribution is 5.94. The van der Waals surface area contributed by atoms with E-state index in [1.165, 1.54) is 0 Å². The number of hydrogen-bond donors (Lipinski definition) is 0. The topological polar surface area (TPSA) is 94.8 Å². The molecule has 2 fully saturated rings. The number of amides is 1. The molecule has 212 valence electrons. The van der Waals surface area contributed by atoms with Gasteiger partial charge < -0.3 is 9.80 Å². The molecule has 0 N–H and O–H groups in total. The first kappa shape index (κ1) is 26.5. The molecule has 0 radical (unpaired) electrons. The lowest BCUT2D eigenvalue weighted by atomic mass is 9.72. The second-order valence-corrected chi connectivity index (χ2v) is 11.5. The number of fused-ring (bicyclic) bond motifs is 1. The SMILES string of the molecule is Cn1cc(-c2cc(C3=CN=C(N4CC5(CCN(C(=O)C#Cc6ccccc6)CC5)C4)CC=C3)c3c(C#N)cnn3c2)cn1. The number of pyridine rings is 1. The summed E-state index contributed by atoms with van der Waals surface area (Å²) in [5.41, 5.74) is 6.15. The normalized spacial score (nSPS) is 17.4. The quantitative estimate of drug-likeness (QED) is 0.338. The van der Waals surface area contributed by atoms with Gasteiger partial charge in [-0.15, -0.1) is 0 Å². The van der Waals surface area contributed by atoms with Crippen molar-refractivity contribution in [3.05, 3.63) is 96.2 Å². The molecular weight excluding hydrogens is 536 g/mol. The first-order chi connectivity index (χ1) is 21.0. The second kappa shape index (κ2) is 10.8. The number of likely N-dealkylation sites (tertiary alicyclic amines) is 2. The molecule has 0 aliphatic carbocycles. The number of benzene rings is 1. The summed E-state index contributed by atoms with van der Waals surface area (Å²) < 4.78 is 3.54. The molecule has 9 nitrogen and oxygen atoms in total. The minimum Gasteiger partial charge on any atom is -0.359 e. The molecule has 3 aliphatic rings. The van der Waals surface area contributed by atoms with Gasteiger partial charge in [-0.25, -0.2) is 9.51 Å². The monoisotopic (exact) mass is 566 g/mol. The molecule has 9 heteroatoms. The number of aliphatic imine (C=N–C) groups is 1. The highest BCUT2D eigenvalue weighted by atomic mass is 16.2. The number of allylic oxidation sites excluding steroid dienone is 2. The predicted molar refractivity (Wildman–Crippen MR) is 164 cm³/mol. The van der Waals surface area contributed by atoms with Crippen molar-refractivity contribution in [1.82, 2.24) is 29.2 Å². The van der Waals surface area contributed by atoms with Crippen LogP contribution in [0.2, 0.25) is 0 Å². The van der Waals surface area contributed by atoms with Crippen molar-refractivity contribution in [3.8, 4) is 29.0 Å². The van der Waals surface area contributed by atoms with Crippen LogP contribution < -0.4 is 0 Å². The Morgan fingerprint density at radius 3 is 2.58 bits per heavy atom. The third kappa shape index (κ3) is 5.11. The highest BCUT2D eigenvalue weighted by Gasteiger charge is 2.46. The lowest BCUT2D eigenvalue weighted by Gasteiger charge is -2.54. The van der Waals surface area contributed by atoms with Crippen LogP contribution in [0.4, 0.5) is 0 Å². The maximum Gasteiger partial charge on any atom is 0.298 e. The summed E-state index contributed by atoms with van der Waals surface area (Å²) in [5.74, 6) is 6.75. The molecule has 43 heavy (non-hydrogen) atoms. The molecule has 0 unspecified atom stereocenters. The van der Waals surface area contributed by atoms with E-state index in [2.05, 4.69) is 51.2 Å². The molecule has 0 saturated carbocycles. The van der Waals surface area contributed by atoms with Gasteiger partial charge in [0.25, 0.3) is 5.91 Å². The number of amidine groups is 1. The average molecular weight is 567 g/mol. The fourth-order valence-electron chi connectivity index (χ4n) is 6.23. The van der Waals surface area contributed by atoms with Gasteiger partial charge in [0.05, 0.1) is 23.5 Å². The van der Waals surface area contributed by atoms with Crippen molar-refractivity contribution in [3.63, 3.8) is 0 Å². The van der Waals surface area contributed by atoms with E-state index in [0.717, 1.165) is 84.6 Å². The fourth-order valence-corrected chi connectivity index (χ4v) is 6.23. The Morgan fingerprint density at radius 1 is 1.02 bits per heavy atom. The van der Waals surface area contributed by atoms with Crippen molar-refractivity contribution >= 4 is 22.8 Å². The van der Waals surface area contributed by atoms with E-state index in [4.69, 9.17) is 4.99 Å². The number of hydrogen-bond acceptors (Lipinski definition) is 6. The number of carbonyl (C=O) groups is 1. The van der Waals surface area contributed by atoms with Crippen molar-refractivity contribution < 1.29 is 4.79 Å². The minimum absolute atomic E-state index is 0.0923.